The summed E-state index contributed by atoms with van der Waals surface area (Å²) in [6, 6.07) is 0. The summed E-state index contributed by atoms with van der Waals surface area (Å²) in [6.45, 7) is 11.1. The Balaban J connectivity index is 5.11. The molecule has 0 N–H and O–H groups in total. The Morgan fingerprint density at radius 2 is 1.89 bits per heavy atom. The molecule has 102 valence electrons. The molecule has 4 heteroatoms. The van der Waals surface area contributed by atoms with E-state index in [1.165, 1.54) is 7.11 Å². The molecular formula is C14H23O3P. The molecule has 1 unspecified atom stereocenters. The minimum absolute atomic E-state index is 0.576. The van der Waals surface area contributed by atoms with Crippen molar-refractivity contribution in [2.45, 2.75) is 32.0 Å². The molecule has 0 aliphatic carbocycles. The molecule has 0 aliphatic rings. The lowest BCUT2D eigenvalue weighted by Gasteiger charge is -2.31. The summed E-state index contributed by atoms with van der Waals surface area (Å²) in [5, 5.41) is -0.762. The average Bonchev–Trinajstić information content (AvgIpc) is 2.42. The molecule has 0 radical (unpaired) electrons. The highest BCUT2D eigenvalue weighted by Crippen LogP contribution is 2.46. The van der Waals surface area contributed by atoms with Crippen LogP contribution >= 0.6 is 8.03 Å². The predicted molar refractivity (Wildman–Crippen MR) is 78.0 cm³/mol. The molecule has 0 aromatic rings. The Morgan fingerprint density at radius 1 is 1.28 bits per heavy atom. The van der Waals surface area contributed by atoms with Gasteiger partial charge in [-0.05, 0) is 25.0 Å². The van der Waals surface area contributed by atoms with Crippen molar-refractivity contribution in [1.82, 2.24) is 0 Å². The Kier molecular flexibility index (Phi) is 8.43. The van der Waals surface area contributed by atoms with E-state index < -0.39 is 13.4 Å². The summed E-state index contributed by atoms with van der Waals surface area (Å²) in [5.41, 5.74) is 0. The molecule has 0 saturated carbocycles. The first-order valence-corrected chi connectivity index (χ1v) is 7.31. The van der Waals surface area contributed by atoms with Crippen molar-refractivity contribution < 1.29 is 13.8 Å². The maximum atomic E-state index is 12.0. The van der Waals surface area contributed by atoms with Crippen LogP contribution in [0.15, 0.2) is 49.3 Å². The minimum atomic E-state index is -2.27. The molecule has 0 aromatic heterocycles. The third kappa shape index (κ3) is 4.67. The highest BCUT2D eigenvalue weighted by molar-refractivity contribution is 7.40. The second kappa shape index (κ2) is 8.96. The number of ether oxygens (including phenoxy) is 1. The van der Waals surface area contributed by atoms with Gasteiger partial charge in [0.15, 0.2) is 5.34 Å². The zero-order valence-corrected chi connectivity index (χ0v) is 12.4. The summed E-state index contributed by atoms with van der Waals surface area (Å²) >= 11 is 0. The number of hydrogen-bond donors (Lipinski definition) is 0. The van der Waals surface area contributed by atoms with Crippen molar-refractivity contribution in [1.29, 1.82) is 0 Å². The van der Waals surface area contributed by atoms with Gasteiger partial charge in [-0.25, -0.2) is 0 Å². The molecule has 1 atom stereocenters. The van der Waals surface area contributed by atoms with Crippen LogP contribution in [0.2, 0.25) is 0 Å². The van der Waals surface area contributed by atoms with E-state index in [0.29, 0.717) is 18.6 Å². The van der Waals surface area contributed by atoms with Gasteiger partial charge in [-0.15, -0.1) is 0 Å². The molecule has 0 heterocycles. The Bertz CT molecular complexity index is 352. The fourth-order valence-corrected chi connectivity index (χ4v) is 2.66. The van der Waals surface area contributed by atoms with E-state index in [1.54, 1.807) is 30.4 Å². The summed E-state index contributed by atoms with van der Waals surface area (Å²) in [4.78, 5) is 0. The van der Waals surface area contributed by atoms with Crippen molar-refractivity contribution >= 4 is 8.03 Å². The van der Waals surface area contributed by atoms with Gasteiger partial charge in [0.2, 0.25) is 8.03 Å². The first-order valence-electron chi connectivity index (χ1n) is 5.99. The summed E-state index contributed by atoms with van der Waals surface area (Å²) in [5.74, 6) is 0.576. The standard InChI is InChI=1S/C14H23O3P/c1-6-10-11-12-13(7-2)17-14(8-3,9-4)18(15)16-5/h6-7,10-12,18H,1-2,8-9H2,3-5H3/b11-10-,13-12+. The molecule has 0 saturated heterocycles. The molecule has 0 rings (SSSR count). The Morgan fingerprint density at radius 3 is 2.28 bits per heavy atom. The molecule has 0 aromatic carbocycles. The number of allylic oxidation sites excluding steroid dienone is 5. The van der Waals surface area contributed by atoms with Crippen LogP contribution in [0.25, 0.3) is 0 Å². The van der Waals surface area contributed by atoms with E-state index in [1.807, 2.05) is 13.8 Å². The lowest BCUT2D eigenvalue weighted by molar-refractivity contribution is 0.0655. The smallest absolute Gasteiger partial charge is 0.233 e. The first-order chi connectivity index (χ1) is 8.60. The van der Waals surface area contributed by atoms with Gasteiger partial charge in [0.05, 0.1) is 0 Å². The second-order valence-corrected chi connectivity index (χ2v) is 5.58. The molecule has 0 bridgehead atoms. The fourth-order valence-electron chi connectivity index (χ4n) is 1.51. The van der Waals surface area contributed by atoms with Crippen molar-refractivity contribution in [3.8, 4) is 0 Å². The third-order valence-corrected chi connectivity index (χ3v) is 4.65. The van der Waals surface area contributed by atoms with Gasteiger partial charge >= 0.3 is 0 Å². The largest absolute Gasteiger partial charge is 0.478 e. The Hall–Kier alpha value is -1.05. The van der Waals surface area contributed by atoms with Crippen LogP contribution < -0.4 is 0 Å². The van der Waals surface area contributed by atoms with Gasteiger partial charge in [-0.1, -0.05) is 45.2 Å². The van der Waals surface area contributed by atoms with E-state index >= 15 is 0 Å². The van der Waals surface area contributed by atoms with Crippen molar-refractivity contribution in [2.24, 2.45) is 0 Å². The van der Waals surface area contributed by atoms with E-state index in [-0.39, 0.29) is 0 Å². The quantitative estimate of drug-likeness (QED) is 0.352. The third-order valence-electron chi connectivity index (χ3n) is 2.72. The molecular weight excluding hydrogens is 247 g/mol. The van der Waals surface area contributed by atoms with Crippen LogP contribution in [0.5, 0.6) is 0 Å². The fraction of sp³-hybridized carbons (Fsp3) is 0.429. The lowest BCUT2D eigenvalue weighted by Crippen LogP contribution is -2.26. The molecule has 0 amide bonds. The van der Waals surface area contributed by atoms with Crippen LogP contribution in [0.1, 0.15) is 26.7 Å². The molecule has 0 spiro atoms. The van der Waals surface area contributed by atoms with Gasteiger partial charge in [0.1, 0.15) is 5.76 Å². The zero-order valence-electron chi connectivity index (χ0n) is 11.4. The molecule has 0 fully saturated rings. The van der Waals surface area contributed by atoms with E-state index in [0.717, 1.165) is 0 Å². The number of rotatable bonds is 9. The zero-order chi connectivity index (χ0) is 14.0. The highest BCUT2D eigenvalue weighted by Gasteiger charge is 2.36. The van der Waals surface area contributed by atoms with Gasteiger partial charge in [-0.3, -0.25) is 4.57 Å². The first kappa shape index (κ1) is 16.9. The van der Waals surface area contributed by atoms with Crippen molar-refractivity contribution in [3.05, 3.63) is 49.3 Å². The van der Waals surface area contributed by atoms with Crippen LogP contribution in [0.3, 0.4) is 0 Å². The van der Waals surface area contributed by atoms with Gasteiger partial charge < -0.3 is 9.26 Å². The lowest BCUT2D eigenvalue weighted by atomic mass is 10.2. The molecule has 18 heavy (non-hydrogen) atoms. The topological polar surface area (TPSA) is 35.5 Å². The minimum Gasteiger partial charge on any atom is -0.478 e. The summed E-state index contributed by atoms with van der Waals surface area (Å²) < 4.78 is 22.9. The van der Waals surface area contributed by atoms with Crippen LogP contribution in [0, 0.1) is 0 Å². The van der Waals surface area contributed by atoms with Gasteiger partial charge in [-0.2, -0.15) is 0 Å². The molecule has 3 nitrogen and oxygen atoms in total. The molecule has 0 aliphatic heterocycles. The van der Waals surface area contributed by atoms with Gasteiger partial charge in [0, 0.05) is 7.11 Å². The van der Waals surface area contributed by atoms with Crippen LogP contribution in [-0.2, 0) is 13.8 Å². The SMILES string of the molecule is C=C/C=C\C=C(/C=C)OC(CC)(CC)[PH](=O)OC. The maximum absolute atomic E-state index is 12.0. The highest BCUT2D eigenvalue weighted by atomic mass is 31.1. The summed E-state index contributed by atoms with van der Waals surface area (Å²) in [7, 11) is -0.824. The summed E-state index contributed by atoms with van der Waals surface area (Å²) in [6.07, 6.45) is 9.84. The van der Waals surface area contributed by atoms with E-state index in [4.69, 9.17) is 9.26 Å². The Labute approximate surface area is 111 Å². The predicted octanol–water partition coefficient (Wildman–Crippen LogP) is 4.45. The van der Waals surface area contributed by atoms with Crippen LogP contribution in [0.4, 0.5) is 0 Å². The van der Waals surface area contributed by atoms with Crippen molar-refractivity contribution in [2.75, 3.05) is 7.11 Å². The van der Waals surface area contributed by atoms with Gasteiger partial charge in [0.25, 0.3) is 0 Å². The monoisotopic (exact) mass is 270 g/mol. The van der Waals surface area contributed by atoms with E-state index in [2.05, 4.69) is 13.2 Å². The maximum Gasteiger partial charge on any atom is 0.233 e. The normalized spacial score (nSPS) is 14.5. The second-order valence-electron chi connectivity index (χ2n) is 3.69. The number of hydrogen-bond acceptors (Lipinski definition) is 3. The van der Waals surface area contributed by atoms with Crippen molar-refractivity contribution in [3.63, 3.8) is 0 Å². The van der Waals surface area contributed by atoms with Crippen LogP contribution in [-0.4, -0.2) is 12.5 Å². The van der Waals surface area contributed by atoms with E-state index in [9.17, 15) is 4.57 Å². The average molecular weight is 270 g/mol.